The average Bonchev–Trinajstić information content (AvgIpc) is 2.96. The Morgan fingerprint density at radius 3 is 2.49 bits per heavy atom. The molecule has 3 atom stereocenters. The maximum Gasteiger partial charge on any atom is 0.246 e. The SMILES string of the molecule is C=CC(=O)N1CC[C@@H]1c1ccc(N2C[C@H](C(C)(C)S(C)(=O)=O)[C@H]2C)c2cnc(Nc3ccnc(N4CCC(C)(O)CC4)n3)cc12. The topological polar surface area (TPSA) is 132 Å². The maximum atomic E-state index is 12.6. The Hall–Kier alpha value is -3.77. The van der Waals surface area contributed by atoms with Gasteiger partial charge in [-0.05, 0) is 82.2 Å². The highest BCUT2D eigenvalue weighted by atomic mass is 32.2. The molecule has 3 aliphatic rings. The first kappa shape index (κ1) is 31.2. The lowest BCUT2D eigenvalue weighted by Gasteiger charge is -2.54. The zero-order valence-electron chi connectivity index (χ0n) is 26.7. The van der Waals surface area contributed by atoms with Crippen LogP contribution in [-0.2, 0) is 14.6 Å². The number of hydrogen-bond donors (Lipinski definition) is 2. The van der Waals surface area contributed by atoms with Crippen LogP contribution in [0.3, 0.4) is 0 Å². The summed E-state index contributed by atoms with van der Waals surface area (Å²) in [5.41, 5.74) is 1.36. The highest BCUT2D eigenvalue weighted by molar-refractivity contribution is 7.92. The van der Waals surface area contributed by atoms with Gasteiger partial charge < -0.3 is 25.1 Å². The lowest BCUT2D eigenvalue weighted by molar-refractivity contribution is -0.133. The summed E-state index contributed by atoms with van der Waals surface area (Å²) in [6.07, 6.45) is 8.40. The van der Waals surface area contributed by atoms with Crippen LogP contribution < -0.4 is 15.1 Å². The molecule has 240 valence electrons. The third kappa shape index (κ3) is 5.63. The van der Waals surface area contributed by atoms with Crippen LogP contribution in [0, 0.1) is 5.92 Å². The van der Waals surface area contributed by atoms with E-state index in [-0.39, 0.29) is 23.9 Å². The number of sulfone groups is 1. The lowest BCUT2D eigenvalue weighted by Crippen LogP contribution is -2.64. The molecule has 0 aliphatic carbocycles. The van der Waals surface area contributed by atoms with Gasteiger partial charge in [0.2, 0.25) is 11.9 Å². The Balaban J connectivity index is 1.33. The molecule has 12 heteroatoms. The Bertz CT molecular complexity index is 1750. The van der Waals surface area contributed by atoms with Crippen LogP contribution in [0.1, 0.15) is 58.6 Å². The van der Waals surface area contributed by atoms with Gasteiger partial charge in [0.1, 0.15) is 11.6 Å². The summed E-state index contributed by atoms with van der Waals surface area (Å²) in [6.45, 7) is 13.9. The van der Waals surface area contributed by atoms with Gasteiger partial charge in [-0.15, -0.1) is 0 Å². The number of anilines is 4. The maximum absolute atomic E-state index is 12.6. The van der Waals surface area contributed by atoms with Gasteiger partial charge in [-0.25, -0.2) is 18.4 Å². The smallest absolute Gasteiger partial charge is 0.246 e. The van der Waals surface area contributed by atoms with Crippen LogP contribution in [0.2, 0.25) is 0 Å². The molecular weight excluding hydrogens is 590 g/mol. The van der Waals surface area contributed by atoms with E-state index in [0.29, 0.717) is 56.6 Å². The molecule has 3 saturated heterocycles. The predicted molar refractivity (Wildman–Crippen MR) is 178 cm³/mol. The van der Waals surface area contributed by atoms with Crippen molar-refractivity contribution in [1.29, 1.82) is 0 Å². The molecule has 1 aromatic carbocycles. The second-order valence-corrected chi connectivity index (χ2v) is 16.2. The number of carbonyl (C=O) groups excluding carboxylic acids is 1. The Labute approximate surface area is 265 Å². The number of nitrogens with one attached hydrogen (secondary N) is 1. The van der Waals surface area contributed by atoms with Crippen molar-refractivity contribution in [3.63, 3.8) is 0 Å². The van der Waals surface area contributed by atoms with Crippen LogP contribution in [-0.4, -0.2) is 88.1 Å². The van der Waals surface area contributed by atoms with Crippen molar-refractivity contribution in [2.75, 3.05) is 47.6 Å². The van der Waals surface area contributed by atoms with E-state index in [2.05, 4.69) is 45.7 Å². The molecule has 1 amide bonds. The molecule has 0 bridgehead atoms. The predicted octanol–water partition coefficient (Wildman–Crippen LogP) is 4.23. The minimum atomic E-state index is -3.24. The number of rotatable bonds is 8. The normalized spacial score (nSPS) is 23.3. The summed E-state index contributed by atoms with van der Waals surface area (Å²) in [5.74, 6) is 1.72. The van der Waals surface area contributed by atoms with Crippen molar-refractivity contribution in [1.82, 2.24) is 19.9 Å². The molecule has 0 spiro atoms. The van der Waals surface area contributed by atoms with Gasteiger partial charge >= 0.3 is 0 Å². The van der Waals surface area contributed by atoms with Crippen molar-refractivity contribution in [2.45, 2.75) is 69.4 Å². The monoisotopic (exact) mass is 633 g/mol. The number of aromatic nitrogens is 3. The number of aliphatic hydroxyl groups is 1. The van der Waals surface area contributed by atoms with Crippen LogP contribution in [0.4, 0.5) is 23.3 Å². The van der Waals surface area contributed by atoms with Crippen LogP contribution in [0.15, 0.2) is 49.3 Å². The molecule has 6 rings (SSSR count). The van der Waals surface area contributed by atoms with Crippen molar-refractivity contribution in [2.24, 2.45) is 5.92 Å². The van der Waals surface area contributed by atoms with E-state index in [9.17, 15) is 18.3 Å². The first-order valence-electron chi connectivity index (χ1n) is 15.6. The summed E-state index contributed by atoms with van der Waals surface area (Å²) in [5, 5.41) is 15.6. The number of amides is 1. The fourth-order valence-electron chi connectivity index (χ4n) is 6.84. The molecule has 11 nitrogen and oxygen atoms in total. The second kappa shape index (κ2) is 11.2. The lowest BCUT2D eigenvalue weighted by atomic mass is 9.79. The molecule has 0 saturated carbocycles. The van der Waals surface area contributed by atoms with Crippen LogP contribution >= 0.6 is 0 Å². The molecule has 3 aromatic rings. The minimum Gasteiger partial charge on any atom is -0.390 e. The van der Waals surface area contributed by atoms with Crippen molar-refractivity contribution >= 4 is 49.8 Å². The number of benzene rings is 1. The first-order valence-corrected chi connectivity index (χ1v) is 17.5. The molecule has 5 heterocycles. The minimum absolute atomic E-state index is 0.0125. The largest absolute Gasteiger partial charge is 0.390 e. The molecule has 3 aliphatic heterocycles. The highest BCUT2D eigenvalue weighted by Crippen LogP contribution is 2.46. The third-order valence-electron chi connectivity index (χ3n) is 10.4. The quantitative estimate of drug-likeness (QED) is 0.348. The number of fused-ring (bicyclic) bond motifs is 1. The Morgan fingerprint density at radius 1 is 1.13 bits per heavy atom. The summed E-state index contributed by atoms with van der Waals surface area (Å²) in [6, 6.07) is 7.91. The summed E-state index contributed by atoms with van der Waals surface area (Å²) < 4.78 is 24.3. The standard InChI is InChI=1S/C33H43N7O4S/c1-7-30(41)39-15-11-27(39)22-8-9-26(40-20-25(21(40)2)32(3,4)45(6,43)44)24-19-35-29(18-23(22)24)36-28-10-14-34-31(37-28)38-16-12-33(5,42)13-17-38/h7-10,14,18-19,21,25,27,42H,1,11-13,15-17,20H2,2-6H3,(H,34,35,36,37)/t21-,25+,27-/m1/s1. The number of nitrogens with zero attached hydrogens (tertiary/aromatic N) is 6. The van der Waals surface area contributed by atoms with Crippen LogP contribution in [0.25, 0.3) is 10.8 Å². The first-order chi connectivity index (χ1) is 21.2. The van der Waals surface area contributed by atoms with Gasteiger partial charge in [-0.1, -0.05) is 12.6 Å². The van der Waals surface area contributed by atoms with E-state index in [0.717, 1.165) is 28.4 Å². The molecule has 3 fully saturated rings. The van der Waals surface area contributed by atoms with Crippen LogP contribution in [0.5, 0.6) is 0 Å². The van der Waals surface area contributed by atoms with E-state index in [4.69, 9.17) is 9.97 Å². The molecule has 0 radical (unpaired) electrons. The summed E-state index contributed by atoms with van der Waals surface area (Å²) in [4.78, 5) is 32.7. The van der Waals surface area contributed by atoms with Crippen molar-refractivity contribution in [3.8, 4) is 0 Å². The summed E-state index contributed by atoms with van der Waals surface area (Å²) >= 11 is 0. The molecule has 0 unspecified atom stereocenters. The van der Waals surface area contributed by atoms with E-state index in [1.165, 1.54) is 12.3 Å². The zero-order valence-corrected chi connectivity index (χ0v) is 27.5. The van der Waals surface area contributed by atoms with Gasteiger partial charge in [0, 0.05) is 67.9 Å². The van der Waals surface area contributed by atoms with Gasteiger partial charge in [-0.2, -0.15) is 4.98 Å². The number of hydrogen-bond acceptors (Lipinski definition) is 10. The van der Waals surface area contributed by atoms with E-state index >= 15 is 0 Å². The summed E-state index contributed by atoms with van der Waals surface area (Å²) in [7, 11) is -3.24. The fourth-order valence-corrected chi connectivity index (χ4v) is 7.66. The average molecular weight is 634 g/mol. The second-order valence-electron chi connectivity index (χ2n) is 13.6. The fraction of sp³-hybridized carbons (Fsp3) is 0.515. The molecular formula is C33H43N7O4S. The number of pyridine rings is 1. The number of carbonyl (C=O) groups is 1. The van der Waals surface area contributed by atoms with E-state index < -0.39 is 20.2 Å². The Morgan fingerprint density at radius 2 is 1.87 bits per heavy atom. The van der Waals surface area contributed by atoms with Crippen molar-refractivity contribution < 1.29 is 18.3 Å². The van der Waals surface area contributed by atoms with E-state index in [1.54, 1.807) is 12.3 Å². The number of piperidine rings is 1. The molecule has 2 N–H and O–H groups in total. The Kier molecular flexibility index (Phi) is 7.80. The van der Waals surface area contributed by atoms with Gasteiger partial charge in [0.25, 0.3) is 0 Å². The molecule has 45 heavy (non-hydrogen) atoms. The van der Waals surface area contributed by atoms with Gasteiger partial charge in [0.15, 0.2) is 9.84 Å². The molecule has 2 aromatic heterocycles. The van der Waals surface area contributed by atoms with E-state index in [1.807, 2.05) is 37.9 Å². The number of likely N-dealkylation sites (tertiary alicyclic amines) is 1. The highest BCUT2D eigenvalue weighted by Gasteiger charge is 2.50. The van der Waals surface area contributed by atoms with Gasteiger partial charge in [-0.3, -0.25) is 4.79 Å². The third-order valence-corrected chi connectivity index (χ3v) is 12.6. The van der Waals surface area contributed by atoms with Crippen molar-refractivity contribution in [3.05, 3.63) is 54.9 Å². The zero-order chi connectivity index (χ0) is 32.3. The van der Waals surface area contributed by atoms with Gasteiger partial charge in [0.05, 0.1) is 16.4 Å².